The highest BCUT2D eigenvalue weighted by Gasteiger charge is 2.26. The molecular formula is C16H24O3. The molecule has 0 saturated carbocycles. The molecule has 1 N–H and O–H groups in total. The second kappa shape index (κ2) is 6.80. The number of methoxy groups -OCH3 is 1. The van der Waals surface area contributed by atoms with Crippen LogP contribution in [0.15, 0.2) is 18.2 Å². The van der Waals surface area contributed by atoms with Crippen molar-refractivity contribution in [1.29, 1.82) is 0 Å². The van der Waals surface area contributed by atoms with E-state index in [0.29, 0.717) is 6.42 Å². The van der Waals surface area contributed by atoms with Crippen LogP contribution in [0.4, 0.5) is 0 Å². The van der Waals surface area contributed by atoms with Gasteiger partial charge in [-0.15, -0.1) is 0 Å². The number of fused-ring (bicyclic) bond motifs is 1. The first-order valence-electron chi connectivity index (χ1n) is 7.27. The summed E-state index contributed by atoms with van der Waals surface area (Å²) < 4.78 is 11.1. The van der Waals surface area contributed by atoms with Gasteiger partial charge in [-0.3, -0.25) is 0 Å². The van der Waals surface area contributed by atoms with Crippen LogP contribution < -0.4 is 9.47 Å². The molecule has 0 radical (unpaired) electrons. The number of aliphatic hydroxyl groups excluding tert-OH is 1. The highest BCUT2D eigenvalue weighted by molar-refractivity contribution is 5.43. The van der Waals surface area contributed by atoms with Gasteiger partial charge in [0.2, 0.25) is 0 Å². The third-order valence-corrected chi connectivity index (χ3v) is 3.74. The van der Waals surface area contributed by atoms with Gasteiger partial charge in [-0.1, -0.05) is 26.2 Å². The summed E-state index contributed by atoms with van der Waals surface area (Å²) in [5.41, 5.74) is 0.851. The van der Waals surface area contributed by atoms with E-state index in [2.05, 4.69) is 6.92 Å². The van der Waals surface area contributed by atoms with Gasteiger partial charge in [0, 0.05) is 12.0 Å². The van der Waals surface area contributed by atoms with E-state index < -0.39 is 6.10 Å². The van der Waals surface area contributed by atoms with Crippen LogP contribution in [-0.2, 0) is 0 Å². The molecule has 1 heterocycles. The molecule has 1 aromatic rings. The fraction of sp³-hybridized carbons (Fsp3) is 0.625. The van der Waals surface area contributed by atoms with E-state index in [0.717, 1.165) is 23.5 Å². The number of ether oxygens (including phenoxy) is 2. The molecule has 0 amide bonds. The number of hydrogen-bond acceptors (Lipinski definition) is 3. The van der Waals surface area contributed by atoms with Gasteiger partial charge in [0.15, 0.2) is 0 Å². The van der Waals surface area contributed by atoms with Crippen molar-refractivity contribution < 1.29 is 14.6 Å². The zero-order valence-corrected chi connectivity index (χ0v) is 11.9. The molecule has 106 valence electrons. The average Bonchev–Trinajstić information content (AvgIpc) is 2.43. The topological polar surface area (TPSA) is 38.7 Å². The monoisotopic (exact) mass is 264 g/mol. The Morgan fingerprint density at radius 2 is 2.16 bits per heavy atom. The first-order chi connectivity index (χ1) is 9.24. The minimum Gasteiger partial charge on any atom is -0.497 e. The molecule has 0 bridgehead atoms. The lowest BCUT2D eigenvalue weighted by molar-refractivity contribution is 0.0602. The Kier molecular flexibility index (Phi) is 5.08. The van der Waals surface area contributed by atoms with Crippen molar-refractivity contribution in [2.75, 3.05) is 7.11 Å². The Labute approximate surface area is 115 Å². The van der Waals surface area contributed by atoms with Crippen molar-refractivity contribution in [2.45, 2.75) is 57.7 Å². The zero-order chi connectivity index (χ0) is 13.7. The first-order valence-corrected chi connectivity index (χ1v) is 7.27. The van der Waals surface area contributed by atoms with Gasteiger partial charge in [-0.25, -0.2) is 0 Å². The average molecular weight is 264 g/mol. The summed E-state index contributed by atoms with van der Waals surface area (Å²) in [6.07, 6.45) is 6.38. The molecule has 2 atom stereocenters. The highest BCUT2D eigenvalue weighted by atomic mass is 16.5. The maximum absolute atomic E-state index is 10.2. The van der Waals surface area contributed by atoms with Crippen LogP contribution >= 0.6 is 0 Å². The molecule has 0 saturated heterocycles. The molecule has 3 nitrogen and oxygen atoms in total. The lowest BCUT2D eigenvalue weighted by atomic mass is 9.96. The Bertz CT molecular complexity index is 403. The van der Waals surface area contributed by atoms with Crippen LogP contribution in [-0.4, -0.2) is 18.3 Å². The van der Waals surface area contributed by atoms with Gasteiger partial charge in [0.1, 0.15) is 17.6 Å². The smallest absolute Gasteiger partial charge is 0.125 e. The van der Waals surface area contributed by atoms with Gasteiger partial charge in [0.05, 0.1) is 13.2 Å². The standard InChI is InChI=1S/C16H24O3/c1-3-4-5-6-7-13-11-15(17)14-10-12(18-2)8-9-16(14)19-13/h8-10,13,15,17H,3-7,11H2,1-2H3/t13?,15-/m0/s1. The molecule has 19 heavy (non-hydrogen) atoms. The maximum Gasteiger partial charge on any atom is 0.125 e. The molecule has 1 aliphatic heterocycles. The summed E-state index contributed by atoms with van der Waals surface area (Å²) in [4.78, 5) is 0. The maximum atomic E-state index is 10.2. The van der Waals surface area contributed by atoms with Crippen LogP contribution in [0, 0.1) is 0 Å². The van der Waals surface area contributed by atoms with Gasteiger partial charge < -0.3 is 14.6 Å². The minimum atomic E-state index is -0.435. The molecule has 0 spiro atoms. The van der Waals surface area contributed by atoms with Gasteiger partial charge >= 0.3 is 0 Å². The van der Waals surface area contributed by atoms with E-state index in [9.17, 15) is 5.11 Å². The van der Waals surface area contributed by atoms with Crippen LogP contribution in [0.1, 0.15) is 57.1 Å². The predicted molar refractivity (Wildman–Crippen MR) is 75.7 cm³/mol. The highest BCUT2D eigenvalue weighted by Crippen LogP contribution is 2.38. The minimum absolute atomic E-state index is 0.146. The number of aliphatic hydroxyl groups is 1. The summed E-state index contributed by atoms with van der Waals surface area (Å²) >= 11 is 0. The molecule has 2 rings (SSSR count). The van der Waals surface area contributed by atoms with Crippen molar-refractivity contribution in [3.8, 4) is 11.5 Å². The molecule has 0 aromatic heterocycles. The molecule has 1 unspecified atom stereocenters. The Balaban J connectivity index is 1.95. The van der Waals surface area contributed by atoms with Crippen LogP contribution in [0.5, 0.6) is 11.5 Å². The normalized spacial score (nSPS) is 21.6. The van der Waals surface area contributed by atoms with Crippen LogP contribution in [0.25, 0.3) is 0 Å². The van der Waals surface area contributed by atoms with Crippen LogP contribution in [0.3, 0.4) is 0 Å². The fourth-order valence-corrected chi connectivity index (χ4v) is 2.60. The third-order valence-electron chi connectivity index (χ3n) is 3.74. The fourth-order valence-electron chi connectivity index (χ4n) is 2.60. The van der Waals surface area contributed by atoms with Crippen molar-refractivity contribution in [1.82, 2.24) is 0 Å². The molecule has 0 fully saturated rings. The predicted octanol–water partition coefficient (Wildman–Crippen LogP) is 3.85. The SMILES string of the molecule is CCCCCCC1C[C@H](O)c2cc(OC)ccc2O1. The second-order valence-corrected chi connectivity index (χ2v) is 5.24. The third kappa shape index (κ3) is 3.63. The summed E-state index contributed by atoms with van der Waals surface area (Å²) in [6, 6.07) is 5.65. The first kappa shape index (κ1) is 14.2. The van der Waals surface area contributed by atoms with E-state index in [-0.39, 0.29) is 6.10 Å². The van der Waals surface area contributed by atoms with Crippen molar-refractivity contribution in [3.05, 3.63) is 23.8 Å². The summed E-state index contributed by atoms with van der Waals surface area (Å²) in [5.74, 6) is 1.57. The quantitative estimate of drug-likeness (QED) is 0.793. The van der Waals surface area contributed by atoms with Crippen molar-refractivity contribution in [3.63, 3.8) is 0 Å². The van der Waals surface area contributed by atoms with Gasteiger partial charge in [-0.2, -0.15) is 0 Å². The summed E-state index contributed by atoms with van der Waals surface area (Å²) in [7, 11) is 1.63. The number of hydrogen-bond donors (Lipinski definition) is 1. The van der Waals surface area contributed by atoms with E-state index in [1.807, 2.05) is 18.2 Å². The van der Waals surface area contributed by atoms with E-state index >= 15 is 0 Å². The number of benzene rings is 1. The number of unbranched alkanes of at least 4 members (excludes halogenated alkanes) is 3. The van der Waals surface area contributed by atoms with Gasteiger partial charge in [-0.05, 0) is 31.0 Å². The molecule has 1 aliphatic rings. The summed E-state index contributed by atoms with van der Waals surface area (Å²) in [6.45, 7) is 2.21. The lowest BCUT2D eigenvalue weighted by Gasteiger charge is -2.30. The molecular weight excluding hydrogens is 240 g/mol. The van der Waals surface area contributed by atoms with Gasteiger partial charge in [0.25, 0.3) is 0 Å². The summed E-state index contributed by atoms with van der Waals surface area (Å²) in [5, 5.41) is 10.2. The van der Waals surface area contributed by atoms with Crippen molar-refractivity contribution >= 4 is 0 Å². The van der Waals surface area contributed by atoms with Crippen LogP contribution in [0.2, 0.25) is 0 Å². The zero-order valence-electron chi connectivity index (χ0n) is 11.9. The largest absolute Gasteiger partial charge is 0.497 e. The van der Waals surface area contributed by atoms with E-state index in [4.69, 9.17) is 9.47 Å². The second-order valence-electron chi connectivity index (χ2n) is 5.24. The van der Waals surface area contributed by atoms with E-state index in [1.54, 1.807) is 7.11 Å². The Morgan fingerprint density at radius 3 is 2.89 bits per heavy atom. The van der Waals surface area contributed by atoms with E-state index in [1.165, 1.54) is 25.7 Å². The Morgan fingerprint density at radius 1 is 1.32 bits per heavy atom. The Hall–Kier alpha value is -1.22. The molecule has 1 aromatic carbocycles. The number of rotatable bonds is 6. The van der Waals surface area contributed by atoms with Crippen molar-refractivity contribution in [2.24, 2.45) is 0 Å². The molecule has 0 aliphatic carbocycles. The lowest BCUT2D eigenvalue weighted by Crippen LogP contribution is -2.25. The molecule has 3 heteroatoms.